The Hall–Kier alpha value is -1.51. The highest BCUT2D eigenvalue weighted by Gasteiger charge is 1.94. The van der Waals surface area contributed by atoms with Crippen LogP contribution in [0.15, 0.2) is 37.0 Å². The molecule has 0 saturated heterocycles. The second-order valence-corrected chi connectivity index (χ2v) is 2.16. The van der Waals surface area contributed by atoms with Gasteiger partial charge in [0.25, 0.3) is 0 Å². The molecule has 0 aromatic heterocycles. The van der Waals surface area contributed by atoms with Crippen molar-refractivity contribution in [2.45, 2.75) is 20.3 Å². The van der Waals surface area contributed by atoms with Gasteiger partial charge in [-0.05, 0) is 12.0 Å². The van der Waals surface area contributed by atoms with Crippen LogP contribution in [0.25, 0.3) is 0 Å². The summed E-state index contributed by atoms with van der Waals surface area (Å²) in [6.07, 6.45) is 4.78. The average Bonchev–Trinajstić information content (AvgIpc) is 2.19. The summed E-state index contributed by atoms with van der Waals surface area (Å²) in [5, 5.41) is 10.5. The van der Waals surface area contributed by atoms with Gasteiger partial charge in [0.15, 0.2) is 0 Å². The van der Waals surface area contributed by atoms with Gasteiger partial charge >= 0.3 is 6.09 Å². The normalized spacial score (nSPS) is 9.43. The molecule has 0 atom stereocenters. The third-order valence-electron chi connectivity index (χ3n) is 1.28. The zero-order valence-electron chi connectivity index (χ0n) is 8.92. The third kappa shape index (κ3) is 10.5. The minimum atomic E-state index is -1.00. The maximum Gasteiger partial charge on any atom is 0.404 e. The van der Waals surface area contributed by atoms with Gasteiger partial charge in [0.1, 0.15) is 0 Å². The van der Waals surface area contributed by atoms with Crippen molar-refractivity contribution >= 4 is 6.09 Å². The predicted octanol–water partition coefficient (Wildman–Crippen LogP) is 3.21. The predicted molar refractivity (Wildman–Crippen MR) is 62.6 cm³/mol. The number of allylic oxidation sites excluding steroid dienone is 3. The van der Waals surface area contributed by atoms with Crippen molar-refractivity contribution in [3.05, 3.63) is 37.0 Å². The monoisotopic (exact) mass is 199 g/mol. The zero-order valence-corrected chi connectivity index (χ0v) is 8.92. The quantitative estimate of drug-likeness (QED) is 0.668. The smallest absolute Gasteiger partial charge is 0.404 e. The molecule has 1 amide bonds. The lowest BCUT2D eigenvalue weighted by atomic mass is 10.2. The fourth-order valence-electron chi connectivity index (χ4n) is 0.719. The van der Waals surface area contributed by atoms with E-state index in [0.29, 0.717) is 13.0 Å². The van der Waals surface area contributed by atoms with Crippen LogP contribution in [0, 0.1) is 0 Å². The Bertz CT molecular complexity index is 213. The molecule has 0 aliphatic heterocycles. The van der Waals surface area contributed by atoms with E-state index in [1.807, 2.05) is 13.8 Å². The van der Waals surface area contributed by atoms with Gasteiger partial charge in [-0.1, -0.05) is 45.2 Å². The molecule has 0 spiro atoms. The van der Waals surface area contributed by atoms with E-state index in [1.165, 1.54) is 0 Å². The fraction of sp³-hybridized carbons (Fsp3) is 0.364. The SMILES string of the molecule is C=C/C=C(\C=C)CCNC(=O)O.CC.[HH]. The molecule has 3 nitrogen and oxygen atoms in total. The van der Waals surface area contributed by atoms with Gasteiger partial charge in [-0.15, -0.1) is 0 Å². The van der Waals surface area contributed by atoms with Gasteiger partial charge in [0.05, 0.1) is 0 Å². The van der Waals surface area contributed by atoms with Crippen LogP contribution in [-0.2, 0) is 0 Å². The number of hydrogen-bond acceptors (Lipinski definition) is 1. The molecule has 0 heterocycles. The van der Waals surface area contributed by atoms with E-state index in [0.717, 1.165) is 5.57 Å². The molecule has 82 valence electrons. The van der Waals surface area contributed by atoms with Crippen molar-refractivity contribution in [1.82, 2.24) is 5.32 Å². The highest BCUT2D eigenvalue weighted by atomic mass is 16.4. The van der Waals surface area contributed by atoms with Crippen molar-refractivity contribution in [1.29, 1.82) is 0 Å². The average molecular weight is 199 g/mol. The Kier molecular flexibility index (Phi) is 12.3. The van der Waals surface area contributed by atoms with E-state index in [9.17, 15) is 4.79 Å². The Morgan fingerprint density at radius 1 is 1.50 bits per heavy atom. The molecule has 0 aliphatic rings. The molecule has 0 bridgehead atoms. The number of rotatable bonds is 5. The first kappa shape index (κ1) is 15.0. The van der Waals surface area contributed by atoms with Crippen LogP contribution in [0.5, 0.6) is 0 Å². The highest BCUT2D eigenvalue weighted by molar-refractivity contribution is 5.64. The number of carbonyl (C=O) groups is 1. The summed E-state index contributed by atoms with van der Waals surface area (Å²) in [5.74, 6) is 0. The van der Waals surface area contributed by atoms with Crippen LogP contribution in [0.4, 0.5) is 4.79 Å². The van der Waals surface area contributed by atoms with Crippen molar-refractivity contribution in [3.8, 4) is 0 Å². The van der Waals surface area contributed by atoms with E-state index in [1.54, 1.807) is 18.2 Å². The summed E-state index contributed by atoms with van der Waals surface area (Å²) in [7, 11) is 0. The summed E-state index contributed by atoms with van der Waals surface area (Å²) in [5.41, 5.74) is 0.971. The molecule has 3 heteroatoms. The van der Waals surface area contributed by atoms with Crippen LogP contribution in [-0.4, -0.2) is 17.7 Å². The number of nitrogens with one attached hydrogen (secondary N) is 1. The lowest BCUT2D eigenvalue weighted by Gasteiger charge is -2.00. The molecule has 2 N–H and O–H groups in total. The maximum absolute atomic E-state index is 10.1. The van der Waals surface area contributed by atoms with Gasteiger partial charge < -0.3 is 10.4 Å². The lowest BCUT2D eigenvalue weighted by molar-refractivity contribution is 0.194. The fourth-order valence-corrected chi connectivity index (χ4v) is 0.719. The van der Waals surface area contributed by atoms with Crippen molar-refractivity contribution < 1.29 is 11.3 Å². The number of amides is 1. The molecule has 0 aromatic carbocycles. The zero-order chi connectivity index (χ0) is 11.4. The van der Waals surface area contributed by atoms with Crippen LogP contribution in [0.1, 0.15) is 21.7 Å². The maximum atomic E-state index is 10.1. The lowest BCUT2D eigenvalue weighted by Crippen LogP contribution is -2.21. The standard InChI is InChI=1S/C9H13NO2.C2H6.H2/c1-3-5-8(4-2)6-7-10-9(11)12;1-2;/h3-5,10H,1-2,6-7H2,(H,11,12);1-2H3;1H/b8-5+;;. The first-order valence-corrected chi connectivity index (χ1v) is 4.61. The summed E-state index contributed by atoms with van der Waals surface area (Å²) >= 11 is 0. The second kappa shape index (κ2) is 11.5. The molecule has 0 aliphatic carbocycles. The molecule has 0 fully saturated rings. The summed E-state index contributed by atoms with van der Waals surface area (Å²) in [4.78, 5) is 10.1. The number of hydrogen-bond donors (Lipinski definition) is 2. The van der Waals surface area contributed by atoms with Crippen molar-refractivity contribution in [3.63, 3.8) is 0 Å². The first-order valence-electron chi connectivity index (χ1n) is 4.61. The first-order chi connectivity index (χ1) is 6.70. The Balaban J connectivity index is -0.000000449. The molecule has 0 unspecified atom stereocenters. The van der Waals surface area contributed by atoms with Crippen LogP contribution in [0.3, 0.4) is 0 Å². The largest absolute Gasteiger partial charge is 0.465 e. The molecule has 0 aromatic rings. The van der Waals surface area contributed by atoms with Gasteiger partial charge in [-0.3, -0.25) is 0 Å². The van der Waals surface area contributed by atoms with Gasteiger partial charge in [0, 0.05) is 7.97 Å². The van der Waals surface area contributed by atoms with Crippen LogP contribution in [0.2, 0.25) is 0 Å². The van der Waals surface area contributed by atoms with E-state index in [-0.39, 0.29) is 1.43 Å². The molecule has 0 rings (SSSR count). The molecule has 0 radical (unpaired) electrons. The van der Waals surface area contributed by atoms with E-state index in [2.05, 4.69) is 18.5 Å². The summed E-state index contributed by atoms with van der Waals surface area (Å²) in [6, 6.07) is 0. The molecular weight excluding hydrogens is 178 g/mol. The summed E-state index contributed by atoms with van der Waals surface area (Å²) in [6.45, 7) is 11.5. The van der Waals surface area contributed by atoms with Crippen molar-refractivity contribution in [2.75, 3.05) is 6.54 Å². The number of carboxylic acid groups (broad SMARTS) is 1. The second-order valence-electron chi connectivity index (χ2n) is 2.16. The molecular formula is C11H21NO2. The van der Waals surface area contributed by atoms with E-state index < -0.39 is 6.09 Å². The van der Waals surface area contributed by atoms with Crippen LogP contribution < -0.4 is 5.32 Å². The topological polar surface area (TPSA) is 49.3 Å². The third-order valence-corrected chi connectivity index (χ3v) is 1.28. The minimum Gasteiger partial charge on any atom is -0.465 e. The van der Waals surface area contributed by atoms with Crippen molar-refractivity contribution in [2.24, 2.45) is 0 Å². The highest BCUT2D eigenvalue weighted by Crippen LogP contribution is 2.00. The van der Waals surface area contributed by atoms with E-state index >= 15 is 0 Å². The Labute approximate surface area is 87.3 Å². The van der Waals surface area contributed by atoms with Gasteiger partial charge in [0.2, 0.25) is 0 Å². The summed E-state index contributed by atoms with van der Waals surface area (Å²) < 4.78 is 0. The molecule has 0 saturated carbocycles. The minimum absolute atomic E-state index is 0. The Morgan fingerprint density at radius 2 is 2.07 bits per heavy atom. The van der Waals surface area contributed by atoms with Crippen LogP contribution >= 0.6 is 0 Å². The molecule has 14 heavy (non-hydrogen) atoms. The van der Waals surface area contributed by atoms with E-state index in [4.69, 9.17) is 5.11 Å². The van der Waals surface area contributed by atoms with Gasteiger partial charge in [-0.2, -0.15) is 0 Å². The van der Waals surface area contributed by atoms with Gasteiger partial charge in [-0.25, -0.2) is 4.79 Å². The Morgan fingerprint density at radius 3 is 2.43 bits per heavy atom.